The Kier molecular flexibility index (Phi) is 6.23. The van der Waals surface area contributed by atoms with Crippen LogP contribution in [0.15, 0.2) is 0 Å². The van der Waals surface area contributed by atoms with Gasteiger partial charge in [-0.1, -0.05) is 19.3 Å². The molecular formula is C20H34N4OS. The van der Waals surface area contributed by atoms with E-state index in [1.54, 1.807) is 16.2 Å². The molecule has 1 saturated heterocycles. The lowest BCUT2D eigenvalue weighted by Crippen LogP contribution is -2.56. The van der Waals surface area contributed by atoms with Crippen molar-refractivity contribution in [2.75, 3.05) is 26.7 Å². The molecular weight excluding hydrogens is 344 g/mol. The maximum Gasteiger partial charge on any atom is 0.317 e. The van der Waals surface area contributed by atoms with Gasteiger partial charge in [-0.25, -0.2) is 9.78 Å². The third kappa shape index (κ3) is 4.06. The normalized spacial score (nSPS) is 21.5. The van der Waals surface area contributed by atoms with Crippen LogP contribution in [0.3, 0.4) is 0 Å². The number of rotatable bonds is 5. The molecule has 1 aliphatic carbocycles. The summed E-state index contributed by atoms with van der Waals surface area (Å²) in [4.78, 5) is 23.1. The van der Waals surface area contributed by atoms with Crippen molar-refractivity contribution in [3.63, 3.8) is 0 Å². The van der Waals surface area contributed by atoms with Gasteiger partial charge in [0.05, 0.1) is 16.7 Å². The summed E-state index contributed by atoms with van der Waals surface area (Å²) in [5.74, 6) is 0. The van der Waals surface area contributed by atoms with Crippen LogP contribution in [0.25, 0.3) is 0 Å². The third-order valence-electron chi connectivity index (χ3n) is 6.37. The average molecular weight is 379 g/mol. The Morgan fingerprint density at radius 1 is 1.23 bits per heavy atom. The molecule has 0 aromatic carbocycles. The minimum atomic E-state index is -0.00513. The van der Waals surface area contributed by atoms with E-state index >= 15 is 0 Å². The molecule has 0 radical (unpaired) electrons. The second kappa shape index (κ2) is 8.26. The number of carbonyl (C=O) groups is 1. The van der Waals surface area contributed by atoms with Crippen molar-refractivity contribution < 1.29 is 4.79 Å². The average Bonchev–Trinajstić information content (AvgIpc) is 3.26. The maximum atomic E-state index is 12.8. The van der Waals surface area contributed by atoms with Crippen LogP contribution < -0.4 is 5.32 Å². The molecule has 146 valence electrons. The molecule has 0 spiro atoms. The van der Waals surface area contributed by atoms with Crippen molar-refractivity contribution in [3.8, 4) is 0 Å². The molecule has 2 amide bonds. The molecule has 2 fully saturated rings. The highest BCUT2D eigenvalue weighted by molar-refractivity contribution is 7.11. The van der Waals surface area contributed by atoms with Crippen molar-refractivity contribution in [1.82, 2.24) is 20.1 Å². The number of amides is 2. The van der Waals surface area contributed by atoms with Crippen molar-refractivity contribution in [3.05, 3.63) is 15.6 Å². The minimum absolute atomic E-state index is 0.00513. The van der Waals surface area contributed by atoms with Gasteiger partial charge in [0.25, 0.3) is 0 Å². The van der Waals surface area contributed by atoms with Gasteiger partial charge in [0.2, 0.25) is 0 Å². The molecule has 1 atom stereocenters. The Morgan fingerprint density at radius 3 is 2.46 bits per heavy atom. The van der Waals surface area contributed by atoms with Gasteiger partial charge in [-0.3, -0.25) is 4.90 Å². The first-order valence-electron chi connectivity index (χ1n) is 10.1. The SMILES string of the molecule is Cc1nc(C(C)N(C)C(=O)NCC2(N3CCCCC3)CCCC2)c(C)s1. The van der Waals surface area contributed by atoms with Crippen LogP contribution in [-0.2, 0) is 0 Å². The molecule has 3 rings (SSSR count). The number of nitrogens with zero attached hydrogens (tertiary/aromatic N) is 3. The zero-order chi connectivity index (χ0) is 18.7. The van der Waals surface area contributed by atoms with Crippen LogP contribution in [0.1, 0.15) is 73.5 Å². The number of likely N-dealkylation sites (tertiary alicyclic amines) is 1. The standard InChI is InChI=1S/C20H34N4OS/c1-15(18-16(2)26-17(3)22-18)23(4)19(25)21-14-20(10-6-7-11-20)24-12-8-5-9-13-24/h15H,5-14H2,1-4H3,(H,21,25). The number of thiazole rings is 1. The monoisotopic (exact) mass is 378 g/mol. The Labute approximate surface area is 162 Å². The zero-order valence-electron chi connectivity index (χ0n) is 16.8. The van der Waals surface area contributed by atoms with E-state index in [-0.39, 0.29) is 17.6 Å². The third-order valence-corrected chi connectivity index (χ3v) is 7.27. The van der Waals surface area contributed by atoms with E-state index in [1.165, 1.54) is 62.9 Å². The maximum absolute atomic E-state index is 12.8. The van der Waals surface area contributed by atoms with Gasteiger partial charge in [-0.15, -0.1) is 11.3 Å². The minimum Gasteiger partial charge on any atom is -0.336 e. The van der Waals surface area contributed by atoms with E-state index in [0.717, 1.165) is 17.2 Å². The highest BCUT2D eigenvalue weighted by Crippen LogP contribution is 2.36. The number of nitrogens with one attached hydrogen (secondary N) is 1. The zero-order valence-corrected chi connectivity index (χ0v) is 17.6. The van der Waals surface area contributed by atoms with Crippen LogP contribution in [0, 0.1) is 13.8 Å². The largest absolute Gasteiger partial charge is 0.336 e. The number of piperidine rings is 1. The molecule has 1 aromatic rings. The highest BCUT2D eigenvalue weighted by atomic mass is 32.1. The van der Waals surface area contributed by atoms with Crippen LogP contribution >= 0.6 is 11.3 Å². The van der Waals surface area contributed by atoms with Gasteiger partial charge >= 0.3 is 6.03 Å². The predicted molar refractivity (Wildman–Crippen MR) is 108 cm³/mol. The fourth-order valence-corrected chi connectivity index (χ4v) is 5.57. The summed E-state index contributed by atoms with van der Waals surface area (Å²) in [7, 11) is 1.89. The van der Waals surface area contributed by atoms with E-state index in [4.69, 9.17) is 0 Å². The van der Waals surface area contributed by atoms with E-state index in [1.807, 2.05) is 14.0 Å². The molecule has 2 heterocycles. The topological polar surface area (TPSA) is 48.5 Å². The van der Waals surface area contributed by atoms with Gasteiger partial charge in [0.15, 0.2) is 0 Å². The summed E-state index contributed by atoms with van der Waals surface area (Å²) in [6.45, 7) is 9.34. The van der Waals surface area contributed by atoms with E-state index in [9.17, 15) is 4.79 Å². The summed E-state index contributed by atoms with van der Waals surface area (Å²) in [5, 5.41) is 4.32. The summed E-state index contributed by atoms with van der Waals surface area (Å²) >= 11 is 1.70. The Morgan fingerprint density at radius 2 is 1.88 bits per heavy atom. The van der Waals surface area contributed by atoms with Crippen LogP contribution in [0.5, 0.6) is 0 Å². The van der Waals surface area contributed by atoms with Gasteiger partial charge in [0.1, 0.15) is 0 Å². The quantitative estimate of drug-likeness (QED) is 0.833. The molecule has 1 unspecified atom stereocenters. The highest BCUT2D eigenvalue weighted by Gasteiger charge is 2.40. The first kappa shape index (κ1) is 19.6. The van der Waals surface area contributed by atoms with Crippen LogP contribution in [0.2, 0.25) is 0 Å². The Hall–Kier alpha value is -1.14. The molecule has 0 bridgehead atoms. The molecule has 2 aliphatic rings. The molecule has 1 saturated carbocycles. The number of urea groups is 1. The van der Waals surface area contributed by atoms with Gasteiger partial charge in [-0.05, 0) is 59.5 Å². The molecule has 1 aromatic heterocycles. The number of hydrogen-bond acceptors (Lipinski definition) is 4. The molecule has 26 heavy (non-hydrogen) atoms. The van der Waals surface area contributed by atoms with Crippen LogP contribution in [-0.4, -0.2) is 53.0 Å². The number of aryl methyl sites for hydroxylation is 2. The fourth-order valence-electron chi connectivity index (χ4n) is 4.66. The van der Waals surface area contributed by atoms with Crippen molar-refractivity contribution >= 4 is 17.4 Å². The predicted octanol–water partition coefficient (Wildman–Crippen LogP) is 4.26. The lowest BCUT2D eigenvalue weighted by atomic mass is 9.92. The molecule has 1 N–H and O–H groups in total. The lowest BCUT2D eigenvalue weighted by molar-refractivity contribution is 0.0699. The number of aromatic nitrogens is 1. The molecule has 6 heteroatoms. The smallest absolute Gasteiger partial charge is 0.317 e. The van der Waals surface area contributed by atoms with Crippen molar-refractivity contribution in [2.24, 2.45) is 0 Å². The van der Waals surface area contributed by atoms with E-state index < -0.39 is 0 Å². The number of carbonyl (C=O) groups excluding carboxylic acids is 1. The summed E-state index contributed by atoms with van der Waals surface area (Å²) in [6, 6.07) is 0.0142. The first-order valence-corrected chi connectivity index (χ1v) is 10.9. The van der Waals surface area contributed by atoms with Gasteiger partial charge < -0.3 is 10.2 Å². The molecule has 1 aliphatic heterocycles. The summed E-state index contributed by atoms with van der Waals surface area (Å²) in [6.07, 6.45) is 8.97. The fraction of sp³-hybridized carbons (Fsp3) is 0.800. The van der Waals surface area contributed by atoms with Gasteiger partial charge in [-0.2, -0.15) is 0 Å². The summed E-state index contributed by atoms with van der Waals surface area (Å²) < 4.78 is 0. The summed E-state index contributed by atoms with van der Waals surface area (Å²) in [5.41, 5.74) is 1.21. The van der Waals surface area contributed by atoms with Crippen molar-refractivity contribution in [2.45, 2.75) is 77.3 Å². The Bertz CT molecular complexity index is 617. The van der Waals surface area contributed by atoms with Crippen LogP contribution in [0.4, 0.5) is 4.79 Å². The first-order chi connectivity index (χ1) is 12.4. The van der Waals surface area contributed by atoms with E-state index in [2.05, 4.69) is 29.0 Å². The van der Waals surface area contributed by atoms with Gasteiger partial charge in [0, 0.05) is 24.0 Å². The van der Waals surface area contributed by atoms with E-state index in [0.29, 0.717) is 0 Å². The lowest BCUT2D eigenvalue weighted by Gasteiger charge is -2.44. The second-order valence-electron chi connectivity index (χ2n) is 8.10. The number of hydrogen-bond donors (Lipinski definition) is 1. The second-order valence-corrected chi connectivity index (χ2v) is 9.51. The van der Waals surface area contributed by atoms with Crippen molar-refractivity contribution in [1.29, 1.82) is 0 Å². The Balaban J connectivity index is 1.62. The molecule has 5 nitrogen and oxygen atoms in total.